The highest BCUT2D eigenvalue weighted by Gasteiger charge is 2.15. The van der Waals surface area contributed by atoms with E-state index in [1.165, 1.54) is 23.9 Å². The quantitative estimate of drug-likeness (QED) is 0.601. The van der Waals surface area contributed by atoms with Crippen molar-refractivity contribution in [3.05, 3.63) is 58.6 Å². The van der Waals surface area contributed by atoms with Gasteiger partial charge >= 0.3 is 0 Å². The molecule has 2 rings (SSSR count). The standard InChI is InChI=1S/C15H15ClO3S2/c1-11-3-6-13(7-4-11)21(17,18)19-10-12-5-8-15(20-2)14(16)9-12/h3-9H,10H2,1-2H3. The van der Waals surface area contributed by atoms with Crippen molar-refractivity contribution in [1.82, 2.24) is 0 Å². The van der Waals surface area contributed by atoms with E-state index in [-0.39, 0.29) is 11.5 Å². The van der Waals surface area contributed by atoms with E-state index in [4.69, 9.17) is 15.8 Å². The average Bonchev–Trinajstić information content (AvgIpc) is 2.46. The zero-order valence-corrected chi connectivity index (χ0v) is 14.1. The van der Waals surface area contributed by atoms with Crippen molar-refractivity contribution in [2.24, 2.45) is 0 Å². The van der Waals surface area contributed by atoms with E-state index in [2.05, 4.69) is 0 Å². The van der Waals surface area contributed by atoms with Gasteiger partial charge in [-0.05, 0) is 43.0 Å². The SMILES string of the molecule is CSc1ccc(COS(=O)(=O)c2ccc(C)cc2)cc1Cl. The van der Waals surface area contributed by atoms with Crippen molar-refractivity contribution >= 4 is 33.5 Å². The molecule has 0 aliphatic heterocycles. The molecule has 0 spiro atoms. The molecule has 0 saturated carbocycles. The summed E-state index contributed by atoms with van der Waals surface area (Å²) in [5.41, 5.74) is 1.71. The van der Waals surface area contributed by atoms with Crippen LogP contribution in [0.2, 0.25) is 5.02 Å². The van der Waals surface area contributed by atoms with Gasteiger partial charge in [0.2, 0.25) is 0 Å². The van der Waals surface area contributed by atoms with Gasteiger partial charge in [-0.15, -0.1) is 11.8 Å². The smallest absolute Gasteiger partial charge is 0.262 e. The maximum Gasteiger partial charge on any atom is 0.297 e. The van der Waals surface area contributed by atoms with Crippen LogP contribution in [-0.2, 0) is 20.9 Å². The molecule has 0 radical (unpaired) electrons. The minimum atomic E-state index is -3.75. The topological polar surface area (TPSA) is 43.4 Å². The molecule has 0 heterocycles. The first kappa shape index (κ1) is 16.4. The van der Waals surface area contributed by atoms with Gasteiger partial charge in [-0.2, -0.15) is 8.42 Å². The van der Waals surface area contributed by atoms with E-state index in [1.807, 2.05) is 25.3 Å². The number of aryl methyl sites for hydroxylation is 1. The summed E-state index contributed by atoms with van der Waals surface area (Å²) in [5.74, 6) is 0. The summed E-state index contributed by atoms with van der Waals surface area (Å²) in [6.45, 7) is 1.86. The molecule has 0 bridgehead atoms. The Morgan fingerprint density at radius 2 is 1.81 bits per heavy atom. The minimum Gasteiger partial charge on any atom is -0.262 e. The summed E-state index contributed by atoms with van der Waals surface area (Å²) in [6, 6.07) is 11.9. The first-order chi connectivity index (χ1) is 9.92. The molecule has 0 unspecified atom stereocenters. The average molecular weight is 343 g/mol. The Morgan fingerprint density at radius 3 is 2.38 bits per heavy atom. The van der Waals surface area contributed by atoms with Crippen LogP contribution in [0.1, 0.15) is 11.1 Å². The lowest BCUT2D eigenvalue weighted by Gasteiger charge is -2.08. The van der Waals surface area contributed by atoms with E-state index in [1.54, 1.807) is 18.2 Å². The molecule has 0 aliphatic carbocycles. The van der Waals surface area contributed by atoms with E-state index in [9.17, 15) is 8.42 Å². The molecule has 0 aliphatic rings. The van der Waals surface area contributed by atoms with Crippen molar-refractivity contribution in [2.75, 3.05) is 6.26 Å². The van der Waals surface area contributed by atoms with Crippen molar-refractivity contribution < 1.29 is 12.6 Å². The largest absolute Gasteiger partial charge is 0.297 e. The number of rotatable bonds is 5. The third kappa shape index (κ3) is 4.23. The fourth-order valence-corrected chi connectivity index (χ4v) is 3.51. The van der Waals surface area contributed by atoms with E-state index >= 15 is 0 Å². The molecule has 0 saturated heterocycles. The summed E-state index contributed by atoms with van der Waals surface area (Å²) in [6.07, 6.45) is 1.93. The third-order valence-corrected chi connectivity index (χ3v) is 5.40. The zero-order valence-electron chi connectivity index (χ0n) is 11.7. The molecule has 112 valence electrons. The Morgan fingerprint density at radius 1 is 1.14 bits per heavy atom. The van der Waals surface area contributed by atoms with Crippen LogP contribution in [0.15, 0.2) is 52.3 Å². The van der Waals surface area contributed by atoms with Crippen molar-refractivity contribution in [3.8, 4) is 0 Å². The zero-order chi connectivity index (χ0) is 15.5. The molecular formula is C15H15ClO3S2. The molecule has 2 aromatic rings. The van der Waals surface area contributed by atoms with Gasteiger partial charge < -0.3 is 0 Å². The number of hydrogen-bond acceptors (Lipinski definition) is 4. The number of halogens is 1. The monoisotopic (exact) mass is 342 g/mol. The fraction of sp³-hybridized carbons (Fsp3) is 0.200. The molecule has 3 nitrogen and oxygen atoms in total. The van der Waals surface area contributed by atoms with Crippen LogP contribution in [0.25, 0.3) is 0 Å². The number of benzene rings is 2. The first-order valence-electron chi connectivity index (χ1n) is 6.21. The Hall–Kier alpha value is -1.01. The molecule has 0 aromatic heterocycles. The highest BCUT2D eigenvalue weighted by atomic mass is 35.5. The summed E-state index contributed by atoms with van der Waals surface area (Å²) >= 11 is 7.62. The van der Waals surface area contributed by atoms with Crippen molar-refractivity contribution in [2.45, 2.75) is 23.3 Å². The van der Waals surface area contributed by atoms with Crippen LogP contribution < -0.4 is 0 Å². The maximum absolute atomic E-state index is 12.1. The highest BCUT2D eigenvalue weighted by Crippen LogP contribution is 2.26. The van der Waals surface area contributed by atoms with Gasteiger partial charge in [-0.3, -0.25) is 4.18 Å². The lowest BCUT2D eigenvalue weighted by atomic mass is 10.2. The highest BCUT2D eigenvalue weighted by molar-refractivity contribution is 7.98. The second-order valence-electron chi connectivity index (χ2n) is 4.50. The van der Waals surface area contributed by atoms with Crippen molar-refractivity contribution in [1.29, 1.82) is 0 Å². The van der Waals surface area contributed by atoms with Crippen LogP contribution in [-0.4, -0.2) is 14.7 Å². The van der Waals surface area contributed by atoms with Gasteiger partial charge in [-0.25, -0.2) is 0 Å². The Labute approximate surface area is 134 Å². The summed E-state index contributed by atoms with van der Waals surface area (Å²) in [7, 11) is -3.75. The van der Waals surface area contributed by atoms with Crippen LogP contribution in [0, 0.1) is 6.92 Å². The summed E-state index contributed by atoms with van der Waals surface area (Å²) in [4.78, 5) is 1.10. The second-order valence-corrected chi connectivity index (χ2v) is 7.37. The van der Waals surface area contributed by atoms with Crippen molar-refractivity contribution in [3.63, 3.8) is 0 Å². The van der Waals surface area contributed by atoms with Crippen LogP contribution in [0.5, 0.6) is 0 Å². The van der Waals surface area contributed by atoms with Gasteiger partial charge in [0, 0.05) is 4.90 Å². The third-order valence-electron chi connectivity index (χ3n) is 2.91. The summed E-state index contributed by atoms with van der Waals surface area (Å²) in [5, 5.41) is 0.594. The summed E-state index contributed by atoms with van der Waals surface area (Å²) < 4.78 is 29.2. The molecule has 6 heteroatoms. The Balaban J connectivity index is 2.11. The fourth-order valence-electron chi connectivity index (χ4n) is 1.72. The number of thioether (sulfide) groups is 1. The van der Waals surface area contributed by atoms with Gasteiger partial charge in [0.15, 0.2) is 0 Å². The second kappa shape index (κ2) is 6.83. The lowest BCUT2D eigenvalue weighted by molar-refractivity contribution is 0.308. The van der Waals surface area contributed by atoms with E-state index in [0.717, 1.165) is 10.5 Å². The van der Waals surface area contributed by atoms with E-state index in [0.29, 0.717) is 10.6 Å². The Bertz CT molecular complexity index is 725. The van der Waals surface area contributed by atoms with Gasteiger partial charge in [0.1, 0.15) is 0 Å². The molecule has 21 heavy (non-hydrogen) atoms. The van der Waals surface area contributed by atoms with Crippen LogP contribution in [0.4, 0.5) is 0 Å². The molecule has 0 atom stereocenters. The van der Waals surface area contributed by atoms with Gasteiger partial charge in [-0.1, -0.05) is 35.4 Å². The first-order valence-corrected chi connectivity index (χ1v) is 9.22. The van der Waals surface area contributed by atoms with Crippen LogP contribution in [0.3, 0.4) is 0 Å². The Kier molecular flexibility index (Phi) is 5.32. The normalized spacial score (nSPS) is 11.6. The molecule has 0 fully saturated rings. The minimum absolute atomic E-state index is 0.0371. The van der Waals surface area contributed by atoms with Gasteiger partial charge in [0.05, 0.1) is 16.5 Å². The molecule has 0 N–H and O–H groups in total. The maximum atomic E-state index is 12.1. The predicted octanol–water partition coefficient (Wildman–Crippen LogP) is 4.28. The molecule has 2 aromatic carbocycles. The van der Waals surface area contributed by atoms with Crippen LogP contribution >= 0.6 is 23.4 Å². The lowest BCUT2D eigenvalue weighted by Crippen LogP contribution is -2.06. The van der Waals surface area contributed by atoms with Gasteiger partial charge in [0.25, 0.3) is 10.1 Å². The molecular weight excluding hydrogens is 328 g/mol. The van der Waals surface area contributed by atoms with E-state index < -0.39 is 10.1 Å². The molecule has 0 amide bonds. The number of hydrogen-bond donors (Lipinski definition) is 0. The predicted molar refractivity (Wildman–Crippen MR) is 86.4 cm³/mol.